The molecule has 1 saturated heterocycles. The van der Waals surface area contributed by atoms with Crippen molar-refractivity contribution in [3.8, 4) is 0 Å². The van der Waals surface area contributed by atoms with E-state index < -0.39 is 11.7 Å². The van der Waals surface area contributed by atoms with Crippen molar-refractivity contribution in [1.29, 1.82) is 0 Å². The fourth-order valence-electron chi connectivity index (χ4n) is 2.51. The Balaban J connectivity index is 1.66. The van der Waals surface area contributed by atoms with Gasteiger partial charge in [-0.15, -0.1) is 0 Å². The van der Waals surface area contributed by atoms with E-state index >= 15 is 0 Å². The Labute approximate surface area is 142 Å². The molecule has 23 heavy (non-hydrogen) atoms. The van der Waals surface area contributed by atoms with Crippen LogP contribution in [0.25, 0.3) is 0 Å². The third-order valence-corrected chi connectivity index (χ3v) is 4.70. The molecule has 4 nitrogen and oxygen atoms in total. The molecule has 0 bridgehead atoms. The molecule has 2 amide bonds. The number of carbonyl (C=O) groups is 2. The van der Waals surface area contributed by atoms with Crippen LogP contribution < -0.4 is 0 Å². The minimum Gasteiger partial charge on any atom is -0.335 e. The van der Waals surface area contributed by atoms with E-state index in [-0.39, 0.29) is 11.5 Å². The monoisotopic (exact) mass is 352 g/mol. The zero-order chi connectivity index (χ0) is 16.4. The van der Waals surface area contributed by atoms with Crippen molar-refractivity contribution in [3.63, 3.8) is 0 Å². The lowest BCUT2D eigenvalue weighted by atomic mass is 10.1. The van der Waals surface area contributed by atoms with Crippen LogP contribution in [0.15, 0.2) is 35.0 Å². The van der Waals surface area contributed by atoms with Gasteiger partial charge in [-0.05, 0) is 29.6 Å². The highest BCUT2D eigenvalue weighted by atomic mass is 35.5. The van der Waals surface area contributed by atoms with Gasteiger partial charge >= 0.3 is 0 Å². The largest absolute Gasteiger partial charge is 0.335 e. The topological polar surface area (TPSA) is 40.6 Å². The van der Waals surface area contributed by atoms with Crippen LogP contribution in [0.4, 0.5) is 4.39 Å². The predicted octanol–water partition coefficient (Wildman–Crippen LogP) is 3.14. The van der Waals surface area contributed by atoms with Crippen molar-refractivity contribution in [2.24, 2.45) is 0 Å². The summed E-state index contributed by atoms with van der Waals surface area (Å²) < 4.78 is 13.8. The van der Waals surface area contributed by atoms with Crippen molar-refractivity contribution >= 4 is 34.8 Å². The molecule has 0 radical (unpaired) electrons. The van der Waals surface area contributed by atoms with E-state index in [1.54, 1.807) is 21.2 Å². The molecule has 0 aliphatic carbocycles. The van der Waals surface area contributed by atoms with Gasteiger partial charge in [-0.1, -0.05) is 11.6 Å². The fraction of sp³-hybridized carbons (Fsp3) is 0.250. The molecule has 2 aromatic rings. The molecule has 0 saturated carbocycles. The maximum atomic E-state index is 13.8. The molecule has 7 heteroatoms. The normalized spacial score (nSPS) is 14.9. The van der Waals surface area contributed by atoms with Crippen molar-refractivity contribution in [2.45, 2.75) is 0 Å². The van der Waals surface area contributed by atoms with Crippen molar-refractivity contribution < 1.29 is 14.0 Å². The van der Waals surface area contributed by atoms with E-state index in [0.29, 0.717) is 36.8 Å². The van der Waals surface area contributed by atoms with E-state index in [4.69, 9.17) is 11.6 Å². The average Bonchev–Trinajstić information content (AvgIpc) is 3.10. The number of piperazine rings is 1. The van der Waals surface area contributed by atoms with Gasteiger partial charge in [0, 0.05) is 36.6 Å². The Morgan fingerprint density at radius 3 is 2.30 bits per heavy atom. The summed E-state index contributed by atoms with van der Waals surface area (Å²) in [6.45, 7) is 1.62. The lowest BCUT2D eigenvalue weighted by molar-refractivity contribution is 0.0533. The minimum absolute atomic E-state index is 0.0323. The Morgan fingerprint density at radius 2 is 1.70 bits per heavy atom. The second-order valence-corrected chi connectivity index (χ2v) is 6.44. The molecule has 0 unspecified atom stereocenters. The molecule has 120 valence electrons. The number of carbonyl (C=O) groups excluding carboxylic acids is 2. The van der Waals surface area contributed by atoms with Crippen molar-refractivity contribution in [3.05, 3.63) is 57.0 Å². The Bertz CT molecular complexity index is 728. The molecular formula is C16H14ClFN2O2S. The quantitative estimate of drug-likeness (QED) is 0.833. The Morgan fingerprint density at radius 1 is 1.04 bits per heavy atom. The zero-order valence-electron chi connectivity index (χ0n) is 12.2. The zero-order valence-corrected chi connectivity index (χ0v) is 13.7. The van der Waals surface area contributed by atoms with Gasteiger partial charge in [0.1, 0.15) is 5.82 Å². The first-order chi connectivity index (χ1) is 11.1. The van der Waals surface area contributed by atoms with Gasteiger partial charge in [-0.3, -0.25) is 9.59 Å². The maximum absolute atomic E-state index is 13.8. The van der Waals surface area contributed by atoms with Crippen LogP contribution in [0.1, 0.15) is 20.7 Å². The molecule has 2 heterocycles. The summed E-state index contributed by atoms with van der Waals surface area (Å²) in [6, 6.07) is 5.71. The summed E-state index contributed by atoms with van der Waals surface area (Å²) in [5, 5.41) is 3.98. The lowest BCUT2D eigenvalue weighted by Crippen LogP contribution is -2.50. The molecule has 1 aliphatic rings. The van der Waals surface area contributed by atoms with E-state index in [0.717, 1.165) is 0 Å². The minimum atomic E-state index is -0.587. The summed E-state index contributed by atoms with van der Waals surface area (Å²) in [6.07, 6.45) is 0. The van der Waals surface area contributed by atoms with Crippen LogP contribution in [0.3, 0.4) is 0 Å². The highest BCUT2D eigenvalue weighted by Gasteiger charge is 2.27. The summed E-state index contributed by atoms with van der Waals surface area (Å²) >= 11 is 7.30. The standard InChI is InChI=1S/C16H14ClFN2O2S/c17-12-1-2-14(18)13(9-12)16(22)20-6-4-19(5-7-20)15(21)11-3-8-23-10-11/h1-3,8-10H,4-7H2. The molecule has 1 fully saturated rings. The number of halogens is 2. The van der Waals surface area contributed by atoms with Crippen LogP contribution in [0.5, 0.6) is 0 Å². The van der Waals surface area contributed by atoms with Crippen LogP contribution in [-0.4, -0.2) is 47.8 Å². The number of hydrogen-bond acceptors (Lipinski definition) is 3. The van der Waals surface area contributed by atoms with Gasteiger partial charge in [0.15, 0.2) is 0 Å². The first-order valence-electron chi connectivity index (χ1n) is 7.12. The van der Waals surface area contributed by atoms with E-state index in [1.807, 2.05) is 5.38 Å². The third kappa shape index (κ3) is 3.38. The SMILES string of the molecule is O=C(c1ccsc1)N1CCN(C(=O)c2cc(Cl)ccc2F)CC1. The van der Waals surface area contributed by atoms with Gasteiger partial charge in [0.05, 0.1) is 11.1 Å². The second kappa shape index (κ2) is 6.68. The molecule has 1 aromatic heterocycles. The molecule has 1 aliphatic heterocycles. The number of nitrogens with zero attached hydrogens (tertiary/aromatic N) is 2. The summed E-state index contributed by atoms with van der Waals surface area (Å²) in [5.41, 5.74) is 0.630. The molecular weight excluding hydrogens is 339 g/mol. The average molecular weight is 353 g/mol. The van der Waals surface area contributed by atoms with Crippen molar-refractivity contribution in [1.82, 2.24) is 9.80 Å². The molecule has 3 rings (SSSR count). The molecule has 0 atom stereocenters. The first-order valence-corrected chi connectivity index (χ1v) is 8.44. The van der Waals surface area contributed by atoms with Crippen LogP contribution in [-0.2, 0) is 0 Å². The Hall–Kier alpha value is -1.92. The number of thiophene rings is 1. The lowest BCUT2D eigenvalue weighted by Gasteiger charge is -2.34. The number of benzene rings is 1. The van der Waals surface area contributed by atoms with Crippen LogP contribution >= 0.6 is 22.9 Å². The van der Waals surface area contributed by atoms with E-state index in [2.05, 4.69) is 0 Å². The van der Waals surface area contributed by atoms with Crippen molar-refractivity contribution in [2.75, 3.05) is 26.2 Å². The van der Waals surface area contributed by atoms with Gasteiger partial charge in [-0.25, -0.2) is 4.39 Å². The van der Waals surface area contributed by atoms with Gasteiger partial charge < -0.3 is 9.80 Å². The van der Waals surface area contributed by atoms with E-state index in [9.17, 15) is 14.0 Å². The fourth-order valence-corrected chi connectivity index (χ4v) is 3.31. The van der Waals surface area contributed by atoms with Gasteiger partial charge in [0.2, 0.25) is 0 Å². The maximum Gasteiger partial charge on any atom is 0.257 e. The first kappa shape index (κ1) is 16.0. The number of amides is 2. The Kier molecular flexibility index (Phi) is 4.63. The van der Waals surface area contributed by atoms with Gasteiger partial charge in [0.25, 0.3) is 11.8 Å². The molecule has 0 N–H and O–H groups in total. The number of hydrogen-bond donors (Lipinski definition) is 0. The smallest absolute Gasteiger partial charge is 0.257 e. The highest BCUT2D eigenvalue weighted by molar-refractivity contribution is 7.08. The predicted molar refractivity (Wildman–Crippen MR) is 87.5 cm³/mol. The van der Waals surface area contributed by atoms with Gasteiger partial charge in [-0.2, -0.15) is 11.3 Å². The molecule has 0 spiro atoms. The summed E-state index contributed by atoms with van der Waals surface area (Å²) in [7, 11) is 0. The van der Waals surface area contributed by atoms with Crippen LogP contribution in [0.2, 0.25) is 5.02 Å². The summed E-state index contributed by atoms with van der Waals surface area (Å²) in [4.78, 5) is 27.9. The summed E-state index contributed by atoms with van der Waals surface area (Å²) in [5.74, 6) is -1.02. The third-order valence-electron chi connectivity index (χ3n) is 3.78. The van der Waals surface area contributed by atoms with E-state index in [1.165, 1.54) is 29.5 Å². The van der Waals surface area contributed by atoms with Crippen LogP contribution in [0, 0.1) is 5.82 Å². The number of rotatable bonds is 2. The highest BCUT2D eigenvalue weighted by Crippen LogP contribution is 2.18. The second-order valence-electron chi connectivity index (χ2n) is 5.22. The molecule has 1 aromatic carbocycles.